The Balaban J connectivity index is 1.49. The smallest absolute Gasteiger partial charge is 0.263 e. The van der Waals surface area contributed by atoms with Crippen molar-refractivity contribution in [1.29, 1.82) is 0 Å². The molecule has 3 amide bonds. The molecular weight excluding hydrogens is 433 g/mol. The summed E-state index contributed by atoms with van der Waals surface area (Å²) in [5, 5.41) is 11.4. The van der Waals surface area contributed by atoms with E-state index in [1.165, 1.54) is 29.3 Å². The SMILES string of the molecule is O=C(CN1N=NC2C(=O)N(c3cccc(Br)c3)C(=O)C21)Nc1cccc(F)c1. The average molecular weight is 446 g/mol. The average Bonchev–Trinajstić information content (AvgIpc) is 3.15. The molecule has 0 bridgehead atoms. The summed E-state index contributed by atoms with van der Waals surface area (Å²) >= 11 is 3.31. The summed E-state index contributed by atoms with van der Waals surface area (Å²) < 4.78 is 14.0. The molecule has 8 nitrogen and oxygen atoms in total. The molecule has 2 atom stereocenters. The summed E-state index contributed by atoms with van der Waals surface area (Å²) in [5.41, 5.74) is 0.695. The third-order valence-corrected chi connectivity index (χ3v) is 4.83. The number of hydrogen-bond acceptors (Lipinski definition) is 6. The van der Waals surface area contributed by atoms with Gasteiger partial charge in [-0.2, -0.15) is 5.11 Å². The maximum Gasteiger partial charge on any atom is 0.263 e. The summed E-state index contributed by atoms with van der Waals surface area (Å²) in [6.07, 6.45) is 0. The summed E-state index contributed by atoms with van der Waals surface area (Å²) in [6.45, 7) is -0.299. The topological polar surface area (TPSA) is 94.4 Å². The molecule has 1 fully saturated rings. The van der Waals surface area contributed by atoms with E-state index in [2.05, 4.69) is 31.6 Å². The van der Waals surface area contributed by atoms with E-state index < -0.39 is 35.6 Å². The number of anilines is 2. The van der Waals surface area contributed by atoms with Crippen molar-refractivity contribution >= 4 is 45.0 Å². The lowest BCUT2D eigenvalue weighted by atomic mass is 10.1. The molecular formula is C18H13BrFN5O3. The number of benzene rings is 2. The van der Waals surface area contributed by atoms with Gasteiger partial charge in [0, 0.05) is 10.2 Å². The van der Waals surface area contributed by atoms with Crippen molar-refractivity contribution in [2.45, 2.75) is 12.1 Å². The van der Waals surface area contributed by atoms with Crippen LogP contribution in [0.15, 0.2) is 63.3 Å². The molecule has 2 aliphatic rings. The van der Waals surface area contributed by atoms with Crippen LogP contribution in [0.5, 0.6) is 0 Å². The van der Waals surface area contributed by atoms with Crippen LogP contribution < -0.4 is 10.2 Å². The van der Waals surface area contributed by atoms with Crippen molar-refractivity contribution in [2.24, 2.45) is 10.3 Å². The van der Waals surface area contributed by atoms with Crippen LogP contribution in [0, 0.1) is 5.82 Å². The second kappa shape index (κ2) is 7.12. The van der Waals surface area contributed by atoms with E-state index in [1.54, 1.807) is 24.3 Å². The first-order chi connectivity index (χ1) is 13.4. The molecule has 2 unspecified atom stereocenters. The van der Waals surface area contributed by atoms with Crippen LogP contribution in [0.1, 0.15) is 0 Å². The van der Waals surface area contributed by atoms with Gasteiger partial charge in [0.05, 0.1) is 5.69 Å². The van der Waals surface area contributed by atoms with E-state index >= 15 is 0 Å². The molecule has 1 saturated heterocycles. The number of fused-ring (bicyclic) bond motifs is 1. The first kappa shape index (κ1) is 18.2. The monoisotopic (exact) mass is 445 g/mol. The molecule has 0 radical (unpaired) electrons. The third-order valence-electron chi connectivity index (χ3n) is 4.34. The van der Waals surface area contributed by atoms with Gasteiger partial charge in [-0.25, -0.2) is 9.29 Å². The lowest BCUT2D eigenvalue weighted by molar-refractivity contribution is -0.123. The van der Waals surface area contributed by atoms with E-state index in [0.717, 1.165) is 9.37 Å². The molecule has 0 aromatic heterocycles. The zero-order chi connectivity index (χ0) is 19.8. The third kappa shape index (κ3) is 3.26. The maximum absolute atomic E-state index is 13.2. The van der Waals surface area contributed by atoms with E-state index in [9.17, 15) is 18.8 Å². The van der Waals surface area contributed by atoms with Crippen molar-refractivity contribution in [3.05, 3.63) is 58.8 Å². The van der Waals surface area contributed by atoms with Crippen molar-refractivity contribution in [1.82, 2.24) is 5.01 Å². The number of rotatable bonds is 4. The Labute approximate surface area is 167 Å². The predicted molar refractivity (Wildman–Crippen MR) is 101 cm³/mol. The van der Waals surface area contributed by atoms with Crippen molar-refractivity contribution in [3.8, 4) is 0 Å². The molecule has 2 aliphatic heterocycles. The van der Waals surface area contributed by atoms with Gasteiger partial charge in [-0.3, -0.25) is 19.4 Å². The fraction of sp³-hybridized carbons (Fsp3) is 0.167. The number of nitrogens with zero attached hydrogens (tertiary/aromatic N) is 4. The van der Waals surface area contributed by atoms with Crippen LogP contribution in [-0.4, -0.2) is 41.4 Å². The lowest BCUT2D eigenvalue weighted by Gasteiger charge is -2.20. The second-order valence-corrected chi connectivity index (χ2v) is 7.16. The van der Waals surface area contributed by atoms with Gasteiger partial charge in [-0.1, -0.05) is 33.3 Å². The summed E-state index contributed by atoms with van der Waals surface area (Å²) in [5.74, 6) is -1.99. The predicted octanol–water partition coefficient (Wildman–Crippen LogP) is 2.52. The van der Waals surface area contributed by atoms with Crippen LogP contribution in [0.4, 0.5) is 15.8 Å². The molecule has 28 heavy (non-hydrogen) atoms. The van der Waals surface area contributed by atoms with E-state index in [0.29, 0.717) is 5.69 Å². The molecule has 0 saturated carbocycles. The van der Waals surface area contributed by atoms with E-state index in [4.69, 9.17) is 0 Å². The number of carbonyl (C=O) groups excluding carboxylic acids is 3. The fourth-order valence-corrected chi connectivity index (χ4v) is 3.52. The van der Waals surface area contributed by atoms with Crippen LogP contribution in [-0.2, 0) is 14.4 Å². The van der Waals surface area contributed by atoms with E-state index in [1.807, 2.05) is 0 Å². The van der Waals surface area contributed by atoms with Gasteiger partial charge in [-0.05, 0) is 36.4 Å². The Kier molecular flexibility index (Phi) is 4.63. The molecule has 2 heterocycles. The summed E-state index contributed by atoms with van der Waals surface area (Å²) in [7, 11) is 0. The standard InChI is InChI=1S/C18H13BrFN5O3/c19-10-3-1-6-13(7-10)25-17(27)15-16(18(25)28)24(23-22-15)9-14(26)21-12-5-2-4-11(20)8-12/h1-8,15-16H,9H2,(H,21,26). The normalized spacial score (nSPS) is 20.6. The molecule has 10 heteroatoms. The molecule has 2 aromatic rings. The highest BCUT2D eigenvalue weighted by Crippen LogP contribution is 2.32. The van der Waals surface area contributed by atoms with Gasteiger partial charge in [0.15, 0.2) is 12.1 Å². The van der Waals surface area contributed by atoms with Crippen LogP contribution >= 0.6 is 15.9 Å². The van der Waals surface area contributed by atoms with Crippen LogP contribution in [0.25, 0.3) is 0 Å². The molecule has 0 aliphatic carbocycles. The highest BCUT2D eigenvalue weighted by atomic mass is 79.9. The van der Waals surface area contributed by atoms with E-state index in [-0.39, 0.29) is 12.2 Å². The number of carbonyl (C=O) groups is 3. The lowest BCUT2D eigenvalue weighted by Crippen LogP contribution is -2.43. The number of imide groups is 1. The molecule has 1 N–H and O–H groups in total. The minimum absolute atomic E-state index is 0.280. The highest BCUT2D eigenvalue weighted by molar-refractivity contribution is 9.10. The zero-order valence-corrected chi connectivity index (χ0v) is 15.8. The molecule has 142 valence electrons. The quantitative estimate of drug-likeness (QED) is 0.731. The summed E-state index contributed by atoms with van der Waals surface area (Å²) in [4.78, 5) is 38.8. The molecule has 0 spiro atoms. The largest absolute Gasteiger partial charge is 0.324 e. The number of hydrogen-bond donors (Lipinski definition) is 1. The Morgan fingerprint density at radius 2 is 1.93 bits per heavy atom. The van der Waals surface area contributed by atoms with Crippen molar-refractivity contribution in [2.75, 3.05) is 16.8 Å². The summed E-state index contributed by atoms with van der Waals surface area (Å²) in [6, 6.07) is 10.2. The van der Waals surface area contributed by atoms with Gasteiger partial charge < -0.3 is 5.32 Å². The first-order valence-corrected chi connectivity index (χ1v) is 9.09. The number of halogens is 2. The molecule has 2 aromatic carbocycles. The van der Waals surface area contributed by atoms with Crippen LogP contribution in [0.3, 0.4) is 0 Å². The number of nitrogens with one attached hydrogen (secondary N) is 1. The maximum atomic E-state index is 13.2. The Morgan fingerprint density at radius 3 is 2.68 bits per heavy atom. The van der Waals surface area contributed by atoms with Crippen molar-refractivity contribution in [3.63, 3.8) is 0 Å². The highest BCUT2D eigenvalue weighted by Gasteiger charge is 2.55. The van der Waals surface area contributed by atoms with Gasteiger partial charge in [-0.15, -0.1) is 0 Å². The number of amides is 3. The van der Waals surface area contributed by atoms with Gasteiger partial charge in [0.2, 0.25) is 5.91 Å². The minimum atomic E-state index is -0.992. The van der Waals surface area contributed by atoms with Gasteiger partial charge >= 0.3 is 0 Å². The zero-order valence-electron chi connectivity index (χ0n) is 14.3. The van der Waals surface area contributed by atoms with Gasteiger partial charge in [0.1, 0.15) is 12.4 Å². The Hall–Kier alpha value is -3.14. The fourth-order valence-electron chi connectivity index (χ4n) is 3.14. The Bertz CT molecular complexity index is 1010. The Morgan fingerprint density at radius 1 is 1.14 bits per heavy atom. The first-order valence-electron chi connectivity index (χ1n) is 8.30. The van der Waals surface area contributed by atoms with Crippen molar-refractivity contribution < 1.29 is 18.8 Å². The molecule has 4 rings (SSSR count). The van der Waals surface area contributed by atoms with Gasteiger partial charge in [0.25, 0.3) is 11.8 Å². The minimum Gasteiger partial charge on any atom is -0.324 e. The second-order valence-electron chi connectivity index (χ2n) is 6.24. The van der Waals surface area contributed by atoms with Crippen LogP contribution in [0.2, 0.25) is 0 Å².